The van der Waals surface area contributed by atoms with E-state index in [0.717, 1.165) is 5.25 Å². The Bertz CT molecular complexity index is 217. The number of hydrogen-bond donors (Lipinski definition) is 0. The SMILES string of the molecule is CCCCCCCSC(C)CCS[Si](CC)(CC)CCC. The molecule has 0 nitrogen and oxygen atoms in total. The van der Waals surface area contributed by atoms with Crippen LogP contribution in [0, 0.1) is 0 Å². The third-order valence-corrected chi connectivity index (χ3v) is 15.7. The van der Waals surface area contributed by atoms with Crippen molar-refractivity contribution in [1.29, 1.82) is 0 Å². The molecule has 0 aromatic rings. The summed E-state index contributed by atoms with van der Waals surface area (Å²) in [6, 6.07) is 4.48. The maximum absolute atomic E-state index is 2.44. The van der Waals surface area contributed by atoms with Crippen LogP contribution in [0.1, 0.15) is 79.6 Å². The Labute approximate surface area is 144 Å². The van der Waals surface area contributed by atoms with Crippen LogP contribution in [-0.2, 0) is 0 Å². The smallest absolute Gasteiger partial charge is 0.116 e. The molecule has 0 heterocycles. The summed E-state index contributed by atoms with van der Waals surface area (Å²) in [5.74, 6) is 2.80. The van der Waals surface area contributed by atoms with Gasteiger partial charge in [-0.05, 0) is 30.4 Å². The number of unbranched alkanes of at least 4 members (excludes halogenated alkanes) is 4. The molecule has 0 spiro atoms. The largest absolute Gasteiger partial charge is 0.185 e. The van der Waals surface area contributed by atoms with Gasteiger partial charge in [0.25, 0.3) is 0 Å². The first-order valence-electron chi connectivity index (χ1n) is 9.39. The van der Waals surface area contributed by atoms with Gasteiger partial charge >= 0.3 is 0 Å². The molecule has 0 saturated heterocycles. The second-order valence-corrected chi connectivity index (χ2v) is 16.4. The van der Waals surface area contributed by atoms with Crippen molar-refractivity contribution in [3.63, 3.8) is 0 Å². The van der Waals surface area contributed by atoms with Crippen LogP contribution in [0.5, 0.6) is 0 Å². The highest BCUT2D eigenvalue weighted by atomic mass is 32.4. The van der Waals surface area contributed by atoms with E-state index in [0.29, 0.717) is 0 Å². The van der Waals surface area contributed by atoms with Crippen LogP contribution in [0.2, 0.25) is 18.1 Å². The van der Waals surface area contributed by atoms with Crippen molar-refractivity contribution >= 4 is 30.2 Å². The molecule has 0 rings (SSSR count). The van der Waals surface area contributed by atoms with Crippen LogP contribution >= 0.6 is 23.0 Å². The van der Waals surface area contributed by atoms with E-state index < -0.39 is 7.22 Å². The molecular formula is C18H40S2Si. The van der Waals surface area contributed by atoms with Gasteiger partial charge in [0.1, 0.15) is 7.22 Å². The van der Waals surface area contributed by atoms with Crippen molar-refractivity contribution in [2.45, 2.75) is 103 Å². The highest BCUT2D eigenvalue weighted by Gasteiger charge is 2.28. The third kappa shape index (κ3) is 11.1. The van der Waals surface area contributed by atoms with E-state index in [-0.39, 0.29) is 0 Å². The molecule has 0 aromatic carbocycles. The highest BCUT2D eigenvalue weighted by molar-refractivity contribution is 8.29. The Kier molecular flexibility index (Phi) is 15.1. The summed E-state index contributed by atoms with van der Waals surface area (Å²) in [6.45, 7) is 12.0. The summed E-state index contributed by atoms with van der Waals surface area (Å²) in [7, 11) is -0.956. The molecule has 0 N–H and O–H groups in total. The van der Waals surface area contributed by atoms with Gasteiger partial charge in [-0.15, -0.1) is 0 Å². The van der Waals surface area contributed by atoms with E-state index in [1.165, 1.54) is 74.6 Å². The average molecular weight is 349 g/mol. The molecule has 0 aliphatic carbocycles. The Hall–Kier alpha value is 0.917. The van der Waals surface area contributed by atoms with E-state index in [2.05, 4.69) is 57.6 Å². The Morgan fingerprint density at radius 3 is 2.05 bits per heavy atom. The molecule has 1 unspecified atom stereocenters. The van der Waals surface area contributed by atoms with Gasteiger partial charge in [-0.2, -0.15) is 23.0 Å². The summed E-state index contributed by atoms with van der Waals surface area (Å²) in [4.78, 5) is 0. The molecule has 128 valence electrons. The molecule has 3 heteroatoms. The van der Waals surface area contributed by atoms with Crippen molar-refractivity contribution in [2.75, 3.05) is 11.5 Å². The van der Waals surface area contributed by atoms with Crippen LogP contribution in [0.15, 0.2) is 0 Å². The lowest BCUT2D eigenvalue weighted by Gasteiger charge is -2.28. The molecule has 0 aliphatic rings. The highest BCUT2D eigenvalue weighted by Crippen LogP contribution is 2.35. The Balaban J connectivity index is 3.69. The fourth-order valence-corrected chi connectivity index (χ4v) is 11.6. The zero-order valence-corrected chi connectivity index (χ0v) is 18.0. The topological polar surface area (TPSA) is 0 Å². The zero-order chi connectivity index (χ0) is 16.0. The lowest BCUT2D eigenvalue weighted by molar-refractivity contribution is 0.659. The number of hydrogen-bond acceptors (Lipinski definition) is 2. The summed E-state index contributed by atoms with van der Waals surface area (Å²) in [6.07, 6.45) is 9.92. The van der Waals surface area contributed by atoms with Gasteiger partial charge < -0.3 is 0 Å². The minimum absolute atomic E-state index is 0.866. The molecule has 0 bridgehead atoms. The molecular weight excluding hydrogens is 308 g/mol. The predicted octanol–water partition coefficient (Wildman–Crippen LogP) is 7.60. The lowest BCUT2D eigenvalue weighted by atomic mass is 10.2. The fourth-order valence-electron chi connectivity index (χ4n) is 2.85. The minimum Gasteiger partial charge on any atom is -0.185 e. The van der Waals surface area contributed by atoms with Crippen LogP contribution in [0.3, 0.4) is 0 Å². The predicted molar refractivity (Wildman–Crippen MR) is 110 cm³/mol. The normalized spacial score (nSPS) is 13.6. The number of rotatable bonds is 15. The lowest BCUT2D eigenvalue weighted by Crippen LogP contribution is -2.28. The van der Waals surface area contributed by atoms with Crippen molar-refractivity contribution in [2.24, 2.45) is 0 Å². The van der Waals surface area contributed by atoms with E-state index in [1.807, 2.05) is 0 Å². The number of thioether (sulfide) groups is 1. The average Bonchev–Trinajstić information content (AvgIpc) is 2.50. The first-order chi connectivity index (χ1) is 10.1. The molecule has 21 heavy (non-hydrogen) atoms. The van der Waals surface area contributed by atoms with Crippen LogP contribution in [0.4, 0.5) is 0 Å². The van der Waals surface area contributed by atoms with E-state index >= 15 is 0 Å². The van der Waals surface area contributed by atoms with Gasteiger partial charge in [0.2, 0.25) is 0 Å². The summed E-state index contributed by atoms with van der Waals surface area (Å²) >= 11 is 4.61. The van der Waals surface area contributed by atoms with Crippen molar-refractivity contribution in [3.05, 3.63) is 0 Å². The molecule has 0 aromatic heterocycles. The van der Waals surface area contributed by atoms with Gasteiger partial charge in [0.15, 0.2) is 0 Å². The van der Waals surface area contributed by atoms with Gasteiger partial charge in [-0.1, -0.05) is 78.8 Å². The summed E-state index contributed by atoms with van der Waals surface area (Å²) in [5, 5.41) is 0.866. The molecule has 0 aliphatic heterocycles. The van der Waals surface area contributed by atoms with Gasteiger partial charge in [-0.3, -0.25) is 0 Å². The second-order valence-electron chi connectivity index (χ2n) is 6.37. The van der Waals surface area contributed by atoms with Gasteiger partial charge in [0.05, 0.1) is 0 Å². The molecule has 0 radical (unpaired) electrons. The van der Waals surface area contributed by atoms with Crippen LogP contribution in [-0.4, -0.2) is 24.0 Å². The molecule has 0 amide bonds. The molecule has 1 atom stereocenters. The van der Waals surface area contributed by atoms with E-state index in [9.17, 15) is 0 Å². The van der Waals surface area contributed by atoms with Crippen LogP contribution in [0.25, 0.3) is 0 Å². The van der Waals surface area contributed by atoms with E-state index in [1.54, 1.807) is 0 Å². The third-order valence-electron chi connectivity index (χ3n) is 4.58. The zero-order valence-electron chi connectivity index (χ0n) is 15.4. The standard InChI is InChI=1S/C18H40S2Si/c1-6-10-11-12-13-15-19-18(5)14-16-20-21(8-3,9-4)17-7-2/h18H,6-17H2,1-5H3. The minimum atomic E-state index is -0.956. The second kappa shape index (κ2) is 14.5. The monoisotopic (exact) mass is 348 g/mol. The van der Waals surface area contributed by atoms with Crippen molar-refractivity contribution < 1.29 is 0 Å². The fraction of sp³-hybridized carbons (Fsp3) is 1.00. The maximum atomic E-state index is 2.44. The van der Waals surface area contributed by atoms with Crippen molar-refractivity contribution in [1.82, 2.24) is 0 Å². The quantitative estimate of drug-likeness (QED) is 0.221. The van der Waals surface area contributed by atoms with Gasteiger partial charge in [-0.25, -0.2) is 0 Å². The summed E-state index contributed by atoms with van der Waals surface area (Å²) < 4.78 is 0. The first-order valence-corrected chi connectivity index (χ1v) is 14.8. The maximum Gasteiger partial charge on any atom is 0.116 e. The molecule has 0 saturated carbocycles. The van der Waals surface area contributed by atoms with Crippen molar-refractivity contribution in [3.8, 4) is 0 Å². The molecule has 0 fully saturated rings. The van der Waals surface area contributed by atoms with E-state index in [4.69, 9.17) is 0 Å². The van der Waals surface area contributed by atoms with Gasteiger partial charge in [0, 0.05) is 5.25 Å². The Morgan fingerprint density at radius 1 is 0.810 bits per heavy atom. The Morgan fingerprint density at radius 2 is 1.48 bits per heavy atom. The van der Waals surface area contributed by atoms with Crippen LogP contribution < -0.4 is 0 Å². The summed E-state index contributed by atoms with van der Waals surface area (Å²) in [5.41, 5.74) is 0. The first kappa shape index (κ1) is 21.9.